The summed E-state index contributed by atoms with van der Waals surface area (Å²) in [4.78, 5) is 13.0. The summed E-state index contributed by atoms with van der Waals surface area (Å²) in [5.41, 5.74) is 0.500. The van der Waals surface area contributed by atoms with Crippen molar-refractivity contribution in [2.45, 2.75) is 29.9 Å². The van der Waals surface area contributed by atoms with E-state index >= 15 is 0 Å². The lowest BCUT2D eigenvalue weighted by Gasteiger charge is -2.32. The van der Waals surface area contributed by atoms with Crippen molar-refractivity contribution in [2.75, 3.05) is 6.26 Å². The highest BCUT2D eigenvalue weighted by Crippen LogP contribution is 2.24. The van der Waals surface area contributed by atoms with Gasteiger partial charge in [0.15, 0.2) is 0 Å². The number of aliphatic hydroxyl groups is 1. The van der Waals surface area contributed by atoms with Crippen LogP contribution in [-0.2, 0) is 0 Å². The number of halogens is 1. The van der Waals surface area contributed by atoms with Gasteiger partial charge >= 0.3 is 0 Å². The van der Waals surface area contributed by atoms with E-state index in [9.17, 15) is 4.79 Å². The molecular weight excluding hydrogens is 258 g/mol. The molecule has 0 atom stereocenters. The lowest BCUT2D eigenvalue weighted by Crippen LogP contribution is -2.46. The van der Waals surface area contributed by atoms with Crippen LogP contribution < -0.4 is 5.32 Å². The number of hydrogen-bond acceptors (Lipinski definition) is 3. The minimum atomic E-state index is -0.270. The fourth-order valence-corrected chi connectivity index (χ4v) is 2.42. The average Bonchev–Trinajstić information content (AvgIpc) is 2.27. The summed E-state index contributed by atoms with van der Waals surface area (Å²) in [6, 6.07) is 5.48. The number of carbonyl (C=O) groups is 1. The Balaban J connectivity index is 2.07. The number of nitrogens with one attached hydrogen (secondary N) is 1. The van der Waals surface area contributed by atoms with E-state index in [0.717, 1.165) is 4.90 Å². The Hall–Kier alpha value is -0.710. The molecule has 3 nitrogen and oxygen atoms in total. The zero-order valence-electron chi connectivity index (χ0n) is 9.44. The average molecular weight is 272 g/mol. The lowest BCUT2D eigenvalue weighted by molar-refractivity contribution is 0.0562. The van der Waals surface area contributed by atoms with E-state index in [1.54, 1.807) is 23.9 Å². The van der Waals surface area contributed by atoms with Crippen molar-refractivity contribution in [1.29, 1.82) is 0 Å². The summed E-state index contributed by atoms with van der Waals surface area (Å²) in [5.74, 6) is -0.164. The zero-order valence-corrected chi connectivity index (χ0v) is 11.0. The summed E-state index contributed by atoms with van der Waals surface area (Å²) < 4.78 is 0. The van der Waals surface area contributed by atoms with Crippen LogP contribution in [0.25, 0.3) is 0 Å². The summed E-state index contributed by atoms with van der Waals surface area (Å²) in [6.45, 7) is 0. The number of benzene rings is 1. The first-order valence-corrected chi connectivity index (χ1v) is 7.03. The largest absolute Gasteiger partial charge is 0.393 e. The Bertz CT molecular complexity index is 433. The Morgan fingerprint density at radius 1 is 1.53 bits per heavy atom. The van der Waals surface area contributed by atoms with E-state index in [0.29, 0.717) is 23.4 Å². The van der Waals surface area contributed by atoms with Crippen LogP contribution in [0.3, 0.4) is 0 Å². The second-order valence-corrected chi connectivity index (χ2v) is 5.43. The van der Waals surface area contributed by atoms with Gasteiger partial charge < -0.3 is 10.4 Å². The number of hydrogen-bond donors (Lipinski definition) is 2. The van der Waals surface area contributed by atoms with Crippen molar-refractivity contribution in [3.63, 3.8) is 0 Å². The van der Waals surface area contributed by atoms with Crippen LogP contribution in [0, 0.1) is 0 Å². The molecule has 5 heteroatoms. The van der Waals surface area contributed by atoms with Crippen LogP contribution in [0.2, 0.25) is 5.02 Å². The summed E-state index contributed by atoms with van der Waals surface area (Å²) >= 11 is 7.57. The van der Waals surface area contributed by atoms with Gasteiger partial charge in [-0.05, 0) is 37.3 Å². The molecule has 0 saturated heterocycles. The Morgan fingerprint density at radius 2 is 2.24 bits per heavy atom. The number of amides is 1. The molecule has 17 heavy (non-hydrogen) atoms. The first-order chi connectivity index (χ1) is 8.10. The third-order valence-corrected chi connectivity index (χ3v) is 3.92. The standard InChI is InChI=1S/C12H14ClNO2S/c1-17-9-2-3-11(13)10(6-9)12(16)14-7-4-8(15)5-7/h2-3,6-8,15H,4-5H2,1H3,(H,14,16). The maximum absolute atomic E-state index is 12.0. The molecule has 0 radical (unpaired) electrons. The molecule has 1 fully saturated rings. The van der Waals surface area contributed by atoms with Gasteiger partial charge in [-0.3, -0.25) is 4.79 Å². The Morgan fingerprint density at radius 3 is 2.82 bits per heavy atom. The van der Waals surface area contributed by atoms with Crippen molar-refractivity contribution in [2.24, 2.45) is 0 Å². The van der Waals surface area contributed by atoms with Gasteiger partial charge in [0.2, 0.25) is 0 Å². The van der Waals surface area contributed by atoms with Gasteiger partial charge in [-0.15, -0.1) is 11.8 Å². The smallest absolute Gasteiger partial charge is 0.253 e. The zero-order chi connectivity index (χ0) is 12.4. The second-order valence-electron chi connectivity index (χ2n) is 4.14. The van der Waals surface area contributed by atoms with E-state index < -0.39 is 0 Å². The predicted octanol–water partition coefficient (Wildman–Crippen LogP) is 2.32. The van der Waals surface area contributed by atoms with Crippen LogP contribution in [0.4, 0.5) is 0 Å². The van der Waals surface area contributed by atoms with E-state index in [2.05, 4.69) is 5.32 Å². The van der Waals surface area contributed by atoms with Crippen molar-refractivity contribution in [3.8, 4) is 0 Å². The van der Waals surface area contributed by atoms with Crippen LogP contribution in [0.15, 0.2) is 23.1 Å². The van der Waals surface area contributed by atoms with E-state index in [1.165, 1.54) is 0 Å². The molecule has 1 aliphatic rings. The van der Waals surface area contributed by atoms with Gasteiger partial charge in [0.1, 0.15) is 0 Å². The summed E-state index contributed by atoms with van der Waals surface area (Å²) in [6.07, 6.45) is 2.94. The van der Waals surface area contributed by atoms with Crippen molar-refractivity contribution >= 4 is 29.3 Å². The highest BCUT2D eigenvalue weighted by molar-refractivity contribution is 7.98. The predicted molar refractivity (Wildman–Crippen MR) is 69.7 cm³/mol. The summed E-state index contributed by atoms with van der Waals surface area (Å²) in [5, 5.41) is 12.5. The van der Waals surface area contributed by atoms with Gasteiger partial charge in [0.05, 0.1) is 16.7 Å². The third kappa shape index (κ3) is 2.94. The minimum Gasteiger partial charge on any atom is -0.393 e. The molecule has 1 saturated carbocycles. The monoisotopic (exact) mass is 271 g/mol. The van der Waals surface area contributed by atoms with Gasteiger partial charge in [-0.25, -0.2) is 0 Å². The van der Waals surface area contributed by atoms with Gasteiger partial charge in [0.25, 0.3) is 5.91 Å². The highest BCUT2D eigenvalue weighted by Gasteiger charge is 2.29. The molecular formula is C12H14ClNO2S. The Labute approximate surface area is 110 Å². The van der Waals surface area contributed by atoms with Crippen molar-refractivity contribution < 1.29 is 9.90 Å². The van der Waals surface area contributed by atoms with Crippen LogP contribution >= 0.6 is 23.4 Å². The molecule has 2 N–H and O–H groups in total. The fraction of sp³-hybridized carbons (Fsp3) is 0.417. The maximum atomic E-state index is 12.0. The van der Waals surface area contributed by atoms with E-state index in [1.807, 2.05) is 12.3 Å². The SMILES string of the molecule is CSc1ccc(Cl)c(C(=O)NC2CC(O)C2)c1. The second kappa shape index (κ2) is 5.29. The molecule has 1 aromatic carbocycles. The normalized spacial score (nSPS) is 23.0. The number of carbonyl (C=O) groups excluding carboxylic acids is 1. The molecule has 1 aliphatic carbocycles. The summed E-state index contributed by atoms with van der Waals surface area (Å²) in [7, 11) is 0. The molecule has 0 heterocycles. The van der Waals surface area contributed by atoms with Crippen LogP contribution in [0.1, 0.15) is 23.2 Å². The quantitative estimate of drug-likeness (QED) is 0.830. The molecule has 1 aromatic rings. The van der Waals surface area contributed by atoms with E-state index in [4.69, 9.17) is 16.7 Å². The molecule has 0 unspecified atom stereocenters. The topological polar surface area (TPSA) is 49.3 Å². The van der Waals surface area contributed by atoms with Gasteiger partial charge in [0, 0.05) is 10.9 Å². The van der Waals surface area contributed by atoms with Crippen LogP contribution in [-0.4, -0.2) is 29.4 Å². The van der Waals surface area contributed by atoms with Crippen molar-refractivity contribution in [3.05, 3.63) is 28.8 Å². The van der Waals surface area contributed by atoms with Gasteiger partial charge in [-0.2, -0.15) is 0 Å². The maximum Gasteiger partial charge on any atom is 0.253 e. The third-order valence-electron chi connectivity index (χ3n) is 2.87. The molecule has 0 bridgehead atoms. The van der Waals surface area contributed by atoms with Crippen LogP contribution in [0.5, 0.6) is 0 Å². The molecule has 1 amide bonds. The number of aliphatic hydroxyl groups excluding tert-OH is 1. The lowest BCUT2D eigenvalue weighted by atomic mass is 9.89. The molecule has 0 aromatic heterocycles. The number of thioether (sulfide) groups is 1. The van der Waals surface area contributed by atoms with Gasteiger partial charge in [-0.1, -0.05) is 11.6 Å². The fourth-order valence-electron chi connectivity index (χ4n) is 1.77. The Kier molecular flexibility index (Phi) is 3.97. The first-order valence-electron chi connectivity index (χ1n) is 5.42. The highest BCUT2D eigenvalue weighted by atomic mass is 35.5. The molecule has 92 valence electrons. The molecule has 0 spiro atoms. The minimum absolute atomic E-state index is 0.0755. The van der Waals surface area contributed by atoms with Crippen molar-refractivity contribution in [1.82, 2.24) is 5.32 Å². The molecule has 0 aliphatic heterocycles. The molecule has 2 rings (SSSR count). The van der Waals surface area contributed by atoms with E-state index in [-0.39, 0.29) is 18.1 Å². The number of rotatable bonds is 3. The first kappa shape index (κ1) is 12.7.